The zero-order chi connectivity index (χ0) is 33.2. The Kier molecular flexibility index (Phi) is 10.4. The van der Waals surface area contributed by atoms with Crippen LogP contribution in [-0.4, -0.2) is 48.7 Å². The van der Waals surface area contributed by atoms with Crippen LogP contribution in [0.4, 0.5) is 0 Å². The van der Waals surface area contributed by atoms with Gasteiger partial charge in [-0.1, -0.05) is 89.0 Å². The molecule has 1 aliphatic heterocycles. The number of rotatable bonds is 11. The molecule has 1 aromatic heterocycles. The monoisotopic (exact) mass is 653 g/mol. The highest BCUT2D eigenvalue weighted by molar-refractivity contribution is 6.47. The van der Waals surface area contributed by atoms with Crippen LogP contribution in [0.3, 0.4) is 0 Å². The first-order valence-corrected chi connectivity index (χ1v) is 16.2. The summed E-state index contributed by atoms with van der Waals surface area (Å²) in [4.78, 5) is 34.5. The number of hydrogen-bond acceptors (Lipinski definition) is 6. The standard InChI is InChI=1S/C34H45Cl2N7O2/c1-21(33(5,6)7)13-16-34(8)38-29(24-17-25(35)19-26(36)18-24)31(45)43(34)27(14-15-32(2,3)4)22-9-11-23(12-10-22)30(44)37-20-28-39-41-42-40-28/h9-12,17-19,21,27H,13-16,20H2,1-8H3,(H,37,44)(H,39,40,41,42)/t21?,27-,34?/m0/s1. The fourth-order valence-electron chi connectivity index (χ4n) is 5.52. The average molecular weight is 655 g/mol. The minimum Gasteiger partial charge on any atom is -0.345 e. The highest BCUT2D eigenvalue weighted by Gasteiger charge is 2.48. The van der Waals surface area contributed by atoms with Crippen molar-refractivity contribution in [2.75, 3.05) is 0 Å². The van der Waals surface area contributed by atoms with E-state index >= 15 is 0 Å². The minimum absolute atomic E-state index is 0.0390. The van der Waals surface area contributed by atoms with Gasteiger partial charge in [0.25, 0.3) is 11.8 Å². The number of tetrazole rings is 1. The molecule has 0 aliphatic carbocycles. The van der Waals surface area contributed by atoms with Gasteiger partial charge in [-0.3, -0.25) is 14.6 Å². The number of aromatic amines is 1. The summed E-state index contributed by atoms with van der Waals surface area (Å²) >= 11 is 12.8. The molecule has 2 heterocycles. The van der Waals surface area contributed by atoms with Crippen LogP contribution in [0.1, 0.15) is 114 Å². The zero-order valence-corrected chi connectivity index (χ0v) is 29.1. The Hall–Kier alpha value is -3.30. The van der Waals surface area contributed by atoms with Gasteiger partial charge in [-0.05, 0) is 85.3 Å². The van der Waals surface area contributed by atoms with Crippen LogP contribution < -0.4 is 5.32 Å². The molecule has 0 spiro atoms. The zero-order valence-electron chi connectivity index (χ0n) is 27.5. The first kappa shape index (κ1) is 34.6. The second-order valence-electron chi connectivity index (χ2n) is 14.6. The maximum Gasteiger partial charge on any atom is 0.275 e. The summed E-state index contributed by atoms with van der Waals surface area (Å²) < 4.78 is 0. The Morgan fingerprint density at radius 2 is 1.67 bits per heavy atom. The molecule has 2 unspecified atom stereocenters. The molecule has 0 bridgehead atoms. The number of aliphatic imine (C=N–C) groups is 1. The smallest absolute Gasteiger partial charge is 0.275 e. The van der Waals surface area contributed by atoms with Gasteiger partial charge in [-0.15, -0.1) is 10.2 Å². The van der Waals surface area contributed by atoms with Crippen LogP contribution >= 0.6 is 23.2 Å². The molecule has 0 radical (unpaired) electrons. The fraction of sp³-hybridized carbons (Fsp3) is 0.529. The molecule has 0 saturated heterocycles. The largest absolute Gasteiger partial charge is 0.345 e. The van der Waals surface area contributed by atoms with Crippen LogP contribution in [0.25, 0.3) is 0 Å². The van der Waals surface area contributed by atoms with Crippen LogP contribution in [0.5, 0.6) is 0 Å². The fourth-order valence-corrected chi connectivity index (χ4v) is 6.05. The lowest BCUT2D eigenvalue weighted by molar-refractivity contribution is -0.131. The quantitative estimate of drug-likeness (QED) is 0.219. The van der Waals surface area contributed by atoms with E-state index in [2.05, 4.69) is 81.3 Å². The van der Waals surface area contributed by atoms with Gasteiger partial charge in [-0.2, -0.15) is 5.21 Å². The lowest BCUT2D eigenvalue weighted by atomic mass is 9.78. The van der Waals surface area contributed by atoms with Crippen molar-refractivity contribution in [1.29, 1.82) is 0 Å². The third-order valence-electron chi connectivity index (χ3n) is 8.79. The van der Waals surface area contributed by atoms with Gasteiger partial charge in [0.05, 0.1) is 12.6 Å². The van der Waals surface area contributed by atoms with Gasteiger partial charge in [0.15, 0.2) is 5.82 Å². The van der Waals surface area contributed by atoms with E-state index in [0.29, 0.717) is 45.0 Å². The number of benzene rings is 2. The molecular formula is C34H45Cl2N7O2. The van der Waals surface area contributed by atoms with Crippen molar-refractivity contribution in [3.63, 3.8) is 0 Å². The molecule has 2 amide bonds. The second kappa shape index (κ2) is 13.6. The molecular weight excluding hydrogens is 609 g/mol. The average Bonchev–Trinajstić information content (AvgIpc) is 3.56. The van der Waals surface area contributed by atoms with Gasteiger partial charge >= 0.3 is 0 Å². The van der Waals surface area contributed by atoms with Gasteiger partial charge in [0.2, 0.25) is 0 Å². The van der Waals surface area contributed by atoms with Crippen LogP contribution in [-0.2, 0) is 11.3 Å². The van der Waals surface area contributed by atoms with Gasteiger partial charge in [0.1, 0.15) is 11.4 Å². The Morgan fingerprint density at radius 3 is 2.22 bits per heavy atom. The molecule has 1 aliphatic rings. The topological polar surface area (TPSA) is 116 Å². The van der Waals surface area contributed by atoms with E-state index in [9.17, 15) is 9.59 Å². The molecule has 9 nitrogen and oxygen atoms in total. The van der Waals surface area contributed by atoms with E-state index in [1.165, 1.54) is 0 Å². The Balaban J connectivity index is 1.72. The normalized spacial score (nSPS) is 18.6. The van der Waals surface area contributed by atoms with Gasteiger partial charge < -0.3 is 10.2 Å². The van der Waals surface area contributed by atoms with Crippen molar-refractivity contribution in [2.45, 2.75) is 99.3 Å². The predicted octanol–water partition coefficient (Wildman–Crippen LogP) is 7.81. The third-order valence-corrected chi connectivity index (χ3v) is 9.23. The van der Waals surface area contributed by atoms with E-state index in [1.54, 1.807) is 30.3 Å². The Labute approximate surface area is 276 Å². The molecule has 3 aromatic rings. The molecule has 0 fully saturated rings. The number of amides is 2. The lowest BCUT2D eigenvalue weighted by Gasteiger charge is -2.41. The highest BCUT2D eigenvalue weighted by Crippen LogP contribution is 2.43. The van der Waals surface area contributed by atoms with Crippen LogP contribution in [0, 0.1) is 16.7 Å². The van der Waals surface area contributed by atoms with E-state index in [-0.39, 0.29) is 35.2 Å². The molecule has 242 valence electrons. The maximum absolute atomic E-state index is 14.5. The molecule has 2 N–H and O–H groups in total. The van der Waals surface area contributed by atoms with Crippen molar-refractivity contribution < 1.29 is 9.59 Å². The molecule has 11 heteroatoms. The number of carbonyl (C=O) groups is 2. The number of H-pyrrole nitrogens is 1. The number of hydrogen-bond donors (Lipinski definition) is 2. The first-order chi connectivity index (χ1) is 21.0. The van der Waals surface area contributed by atoms with Crippen LogP contribution in [0.15, 0.2) is 47.5 Å². The van der Waals surface area contributed by atoms with E-state index < -0.39 is 5.66 Å². The first-order valence-electron chi connectivity index (χ1n) is 15.5. The van der Waals surface area contributed by atoms with Crippen LogP contribution in [0.2, 0.25) is 10.0 Å². The molecule has 45 heavy (non-hydrogen) atoms. The predicted molar refractivity (Wildman–Crippen MR) is 179 cm³/mol. The van der Waals surface area contributed by atoms with Gasteiger partial charge in [-0.25, -0.2) is 0 Å². The molecule has 4 rings (SSSR count). The van der Waals surface area contributed by atoms with E-state index in [1.807, 2.05) is 17.0 Å². The molecule has 2 aromatic carbocycles. The lowest BCUT2D eigenvalue weighted by Crippen LogP contribution is -2.47. The number of nitrogens with one attached hydrogen (secondary N) is 2. The summed E-state index contributed by atoms with van der Waals surface area (Å²) in [5, 5.41) is 17.4. The Bertz CT molecular complexity index is 1510. The number of aromatic nitrogens is 4. The molecule has 0 saturated carbocycles. The maximum atomic E-state index is 14.5. The van der Waals surface area contributed by atoms with E-state index in [0.717, 1.165) is 24.8 Å². The summed E-state index contributed by atoms with van der Waals surface area (Å²) in [6, 6.07) is 12.3. The van der Waals surface area contributed by atoms with Gasteiger partial charge in [0, 0.05) is 21.2 Å². The van der Waals surface area contributed by atoms with Crippen molar-refractivity contribution in [2.24, 2.45) is 21.7 Å². The summed E-state index contributed by atoms with van der Waals surface area (Å²) in [5.74, 6) is 0.399. The van der Waals surface area contributed by atoms with E-state index in [4.69, 9.17) is 28.2 Å². The summed E-state index contributed by atoms with van der Waals surface area (Å²) in [6.07, 6.45) is 3.18. The number of nitrogens with zero attached hydrogens (tertiary/aromatic N) is 5. The summed E-state index contributed by atoms with van der Waals surface area (Å²) in [5.41, 5.74) is 1.76. The second-order valence-corrected chi connectivity index (χ2v) is 15.4. The third kappa shape index (κ3) is 8.70. The molecule has 3 atom stereocenters. The highest BCUT2D eigenvalue weighted by atomic mass is 35.5. The summed E-state index contributed by atoms with van der Waals surface area (Å²) in [7, 11) is 0. The Morgan fingerprint density at radius 1 is 1.02 bits per heavy atom. The van der Waals surface area contributed by atoms with Crippen molar-refractivity contribution in [3.8, 4) is 0 Å². The van der Waals surface area contributed by atoms with Crippen molar-refractivity contribution >= 4 is 40.7 Å². The summed E-state index contributed by atoms with van der Waals surface area (Å²) in [6.45, 7) is 17.8. The number of halogens is 2. The minimum atomic E-state index is -0.802. The number of carbonyl (C=O) groups excluding carboxylic acids is 2. The van der Waals surface area contributed by atoms with Crippen molar-refractivity contribution in [1.82, 2.24) is 30.8 Å². The SMILES string of the molecule is CC(CCC1(C)N=C(c2cc(Cl)cc(Cl)c2)C(=O)N1[C@@H](CCC(C)(C)C)c1ccc(C(=O)NCc2nn[nH]n2)cc1)C(C)(C)C. The van der Waals surface area contributed by atoms with Crippen molar-refractivity contribution in [3.05, 3.63) is 75.0 Å².